The lowest BCUT2D eigenvalue weighted by Crippen LogP contribution is -2.26. The van der Waals surface area contributed by atoms with Gasteiger partial charge in [-0.25, -0.2) is 0 Å². The van der Waals surface area contributed by atoms with Crippen molar-refractivity contribution in [2.24, 2.45) is 10.2 Å². The Hall–Kier alpha value is -2.15. The van der Waals surface area contributed by atoms with Crippen molar-refractivity contribution in [1.29, 1.82) is 0 Å². The van der Waals surface area contributed by atoms with Gasteiger partial charge in [0.1, 0.15) is 5.25 Å². The Labute approximate surface area is 157 Å². The van der Waals surface area contributed by atoms with Crippen LogP contribution in [-0.2, 0) is 9.59 Å². The second kappa shape index (κ2) is 8.49. The maximum Gasteiger partial charge on any atom is 0.305 e. The van der Waals surface area contributed by atoms with E-state index in [2.05, 4.69) is 39.8 Å². The summed E-state index contributed by atoms with van der Waals surface area (Å²) in [5, 5.41) is 19.3. The number of amides is 1. The highest BCUT2D eigenvalue weighted by atomic mass is 32.2. The largest absolute Gasteiger partial charge is 0.481 e. The molecule has 1 amide bonds. The molecule has 26 heavy (non-hydrogen) atoms. The number of nitrogens with zero attached hydrogens (tertiary/aromatic N) is 2. The van der Waals surface area contributed by atoms with Gasteiger partial charge in [-0.3, -0.25) is 9.59 Å². The summed E-state index contributed by atoms with van der Waals surface area (Å²) in [7, 11) is 0. The van der Waals surface area contributed by atoms with Gasteiger partial charge in [0.2, 0.25) is 5.91 Å². The minimum Gasteiger partial charge on any atom is -0.481 e. The van der Waals surface area contributed by atoms with Gasteiger partial charge in [0, 0.05) is 0 Å². The van der Waals surface area contributed by atoms with E-state index in [9.17, 15) is 9.59 Å². The Bertz CT molecular complexity index is 737. The molecular weight excluding hydrogens is 350 g/mol. The van der Waals surface area contributed by atoms with Gasteiger partial charge in [0.15, 0.2) is 5.17 Å². The van der Waals surface area contributed by atoms with Crippen LogP contribution in [0.2, 0.25) is 0 Å². The zero-order chi connectivity index (χ0) is 18.5. The number of carboxylic acid groups (broad SMARTS) is 1. The summed E-state index contributed by atoms with van der Waals surface area (Å²) in [6.45, 7) is 1.87. The second-order valence-corrected chi connectivity index (χ2v) is 7.93. The lowest BCUT2D eigenvalue weighted by molar-refractivity contribution is -0.138. The molecule has 1 heterocycles. The highest BCUT2D eigenvalue weighted by Gasteiger charge is 2.32. The minimum absolute atomic E-state index is 0.221. The first-order valence-electron chi connectivity index (χ1n) is 8.95. The Morgan fingerprint density at radius 3 is 2.58 bits per heavy atom. The normalized spacial score (nSPS) is 23.3. The standard InChI is InChI=1S/C19H23N3O3S/c1-12(21-22-19-20-18(25)16(26-19)11-17(23)24)13-7-9-15(10-8-13)14-5-3-2-4-6-14/h7-10,14,16H,2-6,11H2,1H3,(H,23,24)(H,20,22,25)/b21-12+/t16-/m1/s1. The van der Waals surface area contributed by atoms with E-state index >= 15 is 0 Å². The summed E-state index contributed by atoms with van der Waals surface area (Å²) in [5.41, 5.74) is 3.14. The molecule has 6 nitrogen and oxygen atoms in total. The first kappa shape index (κ1) is 18.6. The van der Waals surface area contributed by atoms with Crippen molar-refractivity contribution in [3.63, 3.8) is 0 Å². The van der Waals surface area contributed by atoms with Crippen LogP contribution in [0.5, 0.6) is 0 Å². The molecule has 1 aliphatic heterocycles. The van der Waals surface area contributed by atoms with Crippen molar-refractivity contribution in [3.05, 3.63) is 35.4 Å². The molecule has 2 aliphatic rings. The highest BCUT2D eigenvalue weighted by molar-refractivity contribution is 8.15. The van der Waals surface area contributed by atoms with Crippen LogP contribution in [0.4, 0.5) is 0 Å². The molecule has 2 N–H and O–H groups in total. The maximum absolute atomic E-state index is 11.7. The van der Waals surface area contributed by atoms with E-state index in [1.807, 2.05) is 6.92 Å². The molecule has 1 aromatic rings. The van der Waals surface area contributed by atoms with Crippen molar-refractivity contribution in [2.75, 3.05) is 0 Å². The SMILES string of the molecule is C/C(=N\N=C1/NC(=O)[C@@H](CC(=O)O)S1)c1ccc(C2CCCCC2)cc1. The van der Waals surface area contributed by atoms with Crippen LogP contribution in [0.15, 0.2) is 34.5 Å². The average molecular weight is 373 g/mol. The first-order valence-corrected chi connectivity index (χ1v) is 9.83. The summed E-state index contributed by atoms with van der Waals surface area (Å²) < 4.78 is 0. The van der Waals surface area contributed by atoms with Crippen LogP contribution in [0.25, 0.3) is 0 Å². The molecule has 2 fully saturated rings. The van der Waals surface area contributed by atoms with E-state index in [1.54, 1.807) is 0 Å². The van der Waals surface area contributed by atoms with Crippen LogP contribution < -0.4 is 5.32 Å². The highest BCUT2D eigenvalue weighted by Crippen LogP contribution is 2.32. The average Bonchev–Trinajstić information content (AvgIpc) is 2.99. The van der Waals surface area contributed by atoms with Gasteiger partial charge in [-0.2, -0.15) is 5.10 Å². The van der Waals surface area contributed by atoms with Crippen LogP contribution >= 0.6 is 11.8 Å². The number of hydrogen-bond acceptors (Lipinski definition) is 5. The number of hydrogen-bond donors (Lipinski definition) is 2. The quantitative estimate of drug-likeness (QED) is 0.610. The minimum atomic E-state index is -1.00. The number of aliphatic carboxylic acids is 1. The summed E-state index contributed by atoms with van der Waals surface area (Å²) in [6.07, 6.45) is 6.31. The van der Waals surface area contributed by atoms with Crippen molar-refractivity contribution in [1.82, 2.24) is 5.32 Å². The van der Waals surface area contributed by atoms with Crippen LogP contribution in [0, 0.1) is 0 Å². The predicted octanol–water partition coefficient (Wildman–Crippen LogP) is 3.52. The number of rotatable bonds is 5. The van der Waals surface area contributed by atoms with Gasteiger partial charge in [-0.15, -0.1) is 5.10 Å². The predicted molar refractivity (Wildman–Crippen MR) is 104 cm³/mol. The number of amidine groups is 1. The fourth-order valence-corrected chi connectivity index (χ4v) is 4.26. The topological polar surface area (TPSA) is 91.1 Å². The lowest BCUT2D eigenvalue weighted by Gasteiger charge is -2.22. The number of carboxylic acids is 1. The Morgan fingerprint density at radius 2 is 1.92 bits per heavy atom. The lowest BCUT2D eigenvalue weighted by atomic mass is 9.84. The zero-order valence-corrected chi connectivity index (χ0v) is 15.6. The van der Waals surface area contributed by atoms with Gasteiger partial charge in [0.25, 0.3) is 0 Å². The Balaban J connectivity index is 1.64. The summed E-state index contributed by atoms with van der Waals surface area (Å²) in [4.78, 5) is 22.4. The van der Waals surface area contributed by atoms with Gasteiger partial charge in [-0.1, -0.05) is 55.3 Å². The third kappa shape index (κ3) is 4.72. The van der Waals surface area contributed by atoms with Gasteiger partial charge in [0.05, 0.1) is 12.1 Å². The van der Waals surface area contributed by atoms with Crippen LogP contribution in [-0.4, -0.2) is 33.1 Å². The molecule has 7 heteroatoms. The molecule has 0 bridgehead atoms. The molecule has 1 aliphatic carbocycles. The number of carbonyl (C=O) groups is 2. The molecule has 138 valence electrons. The zero-order valence-electron chi connectivity index (χ0n) is 14.8. The molecule has 3 rings (SSSR count). The monoisotopic (exact) mass is 373 g/mol. The number of benzene rings is 1. The summed E-state index contributed by atoms with van der Waals surface area (Å²) in [5.74, 6) is -0.663. The molecule has 0 aromatic heterocycles. The second-order valence-electron chi connectivity index (χ2n) is 6.74. The molecule has 0 spiro atoms. The molecule has 1 saturated carbocycles. The number of carbonyl (C=O) groups excluding carboxylic acids is 1. The van der Waals surface area contributed by atoms with Gasteiger partial charge >= 0.3 is 5.97 Å². The fraction of sp³-hybridized carbons (Fsp3) is 0.474. The van der Waals surface area contributed by atoms with E-state index in [0.717, 1.165) is 23.0 Å². The van der Waals surface area contributed by atoms with E-state index in [-0.39, 0.29) is 12.3 Å². The van der Waals surface area contributed by atoms with Crippen LogP contribution in [0.3, 0.4) is 0 Å². The van der Waals surface area contributed by atoms with E-state index in [0.29, 0.717) is 11.1 Å². The Kier molecular flexibility index (Phi) is 6.08. The molecule has 0 radical (unpaired) electrons. The van der Waals surface area contributed by atoms with Crippen molar-refractivity contribution >= 4 is 34.5 Å². The third-order valence-corrected chi connectivity index (χ3v) is 5.90. The van der Waals surface area contributed by atoms with E-state index < -0.39 is 11.2 Å². The van der Waals surface area contributed by atoms with Crippen LogP contribution in [0.1, 0.15) is 62.5 Å². The fourth-order valence-electron chi connectivity index (χ4n) is 3.36. The molecule has 1 atom stereocenters. The summed E-state index contributed by atoms with van der Waals surface area (Å²) in [6, 6.07) is 8.48. The number of thioether (sulfide) groups is 1. The van der Waals surface area contributed by atoms with Crippen molar-refractivity contribution in [2.45, 2.75) is 56.6 Å². The van der Waals surface area contributed by atoms with Crippen molar-refractivity contribution in [3.8, 4) is 0 Å². The van der Waals surface area contributed by atoms with Gasteiger partial charge < -0.3 is 10.4 Å². The molecular formula is C19H23N3O3S. The molecule has 0 unspecified atom stereocenters. The molecule has 1 aromatic carbocycles. The first-order chi connectivity index (χ1) is 12.5. The smallest absolute Gasteiger partial charge is 0.305 e. The number of nitrogens with one attached hydrogen (secondary N) is 1. The van der Waals surface area contributed by atoms with E-state index in [4.69, 9.17) is 5.11 Å². The third-order valence-electron chi connectivity index (χ3n) is 4.83. The maximum atomic E-state index is 11.7. The van der Waals surface area contributed by atoms with Crippen molar-refractivity contribution < 1.29 is 14.7 Å². The van der Waals surface area contributed by atoms with E-state index in [1.165, 1.54) is 37.7 Å². The Morgan fingerprint density at radius 1 is 1.23 bits per heavy atom. The summed E-state index contributed by atoms with van der Waals surface area (Å²) >= 11 is 1.11. The van der Waals surface area contributed by atoms with Gasteiger partial charge in [-0.05, 0) is 36.8 Å². The molecule has 1 saturated heterocycles.